The van der Waals surface area contributed by atoms with Gasteiger partial charge in [0.25, 0.3) is 5.91 Å². The molecule has 0 spiro atoms. The molecule has 1 N–H and O–H groups in total. The molecule has 0 aliphatic carbocycles. The smallest absolute Gasteiger partial charge is 0.258 e. The van der Waals surface area contributed by atoms with Crippen molar-refractivity contribution in [2.45, 2.75) is 6.92 Å². The van der Waals surface area contributed by atoms with Gasteiger partial charge in [0, 0.05) is 11.9 Å². The molecule has 16 heavy (non-hydrogen) atoms. The summed E-state index contributed by atoms with van der Waals surface area (Å²) in [6.45, 7) is 1.78. The molecule has 4 nitrogen and oxygen atoms in total. The molecule has 0 saturated heterocycles. The van der Waals surface area contributed by atoms with Crippen molar-refractivity contribution >= 4 is 23.2 Å². The van der Waals surface area contributed by atoms with E-state index in [1.54, 1.807) is 25.1 Å². The number of amides is 1. The summed E-state index contributed by atoms with van der Waals surface area (Å²) in [5.74, 6) is 0.456. The highest BCUT2D eigenvalue weighted by Crippen LogP contribution is 2.14. The quantitative estimate of drug-likeness (QED) is 0.816. The molecule has 0 bridgehead atoms. The van der Waals surface area contributed by atoms with Gasteiger partial charge in [-0.15, -0.1) is 0 Å². The Balaban J connectivity index is 2.13. The molecule has 2 aromatic rings. The van der Waals surface area contributed by atoms with Gasteiger partial charge in [-0.3, -0.25) is 4.79 Å². The van der Waals surface area contributed by atoms with Crippen LogP contribution in [0.2, 0.25) is 5.15 Å². The van der Waals surface area contributed by atoms with Crippen molar-refractivity contribution in [1.29, 1.82) is 0 Å². The van der Waals surface area contributed by atoms with Crippen molar-refractivity contribution in [1.82, 2.24) is 4.98 Å². The minimum Gasteiger partial charge on any atom is -0.469 e. The molecular weight excluding hydrogens is 228 g/mol. The second-order valence-electron chi connectivity index (χ2n) is 3.27. The first-order valence-electron chi connectivity index (χ1n) is 4.63. The molecule has 0 aliphatic heterocycles. The van der Waals surface area contributed by atoms with E-state index in [-0.39, 0.29) is 5.91 Å². The van der Waals surface area contributed by atoms with Gasteiger partial charge in [-0.25, -0.2) is 4.98 Å². The van der Waals surface area contributed by atoms with Crippen LogP contribution in [0.4, 0.5) is 5.69 Å². The molecular formula is C11H9ClN2O2. The average molecular weight is 237 g/mol. The summed E-state index contributed by atoms with van der Waals surface area (Å²) in [6, 6.07) is 4.90. The highest BCUT2D eigenvalue weighted by atomic mass is 35.5. The Morgan fingerprint density at radius 3 is 2.94 bits per heavy atom. The second kappa shape index (κ2) is 4.37. The van der Waals surface area contributed by atoms with Crippen LogP contribution in [0.15, 0.2) is 35.1 Å². The molecule has 0 atom stereocenters. The van der Waals surface area contributed by atoms with Crippen molar-refractivity contribution < 1.29 is 9.21 Å². The standard InChI is InChI=1S/C11H9ClN2O2/c1-7-4-8(6-16-7)11(15)14-9-2-3-13-10(12)5-9/h2-6H,1H3,(H,13,14,15). The zero-order valence-electron chi connectivity index (χ0n) is 8.53. The molecule has 2 rings (SSSR count). The van der Waals surface area contributed by atoms with Crippen LogP contribution >= 0.6 is 11.6 Å². The number of rotatable bonds is 2. The molecule has 1 amide bonds. The summed E-state index contributed by atoms with van der Waals surface area (Å²) >= 11 is 5.70. The maximum Gasteiger partial charge on any atom is 0.258 e. The predicted molar refractivity (Wildman–Crippen MR) is 60.6 cm³/mol. The number of pyridine rings is 1. The van der Waals surface area contributed by atoms with E-state index in [1.165, 1.54) is 12.5 Å². The molecule has 0 radical (unpaired) electrons. The third kappa shape index (κ3) is 2.41. The molecule has 0 saturated carbocycles. The SMILES string of the molecule is Cc1cc(C(=O)Nc2ccnc(Cl)c2)co1. The number of hydrogen-bond donors (Lipinski definition) is 1. The summed E-state index contributed by atoms with van der Waals surface area (Å²) < 4.78 is 5.05. The first-order chi connectivity index (χ1) is 7.65. The van der Waals surface area contributed by atoms with Crippen molar-refractivity contribution in [2.75, 3.05) is 5.32 Å². The normalized spacial score (nSPS) is 10.1. The number of nitrogens with one attached hydrogen (secondary N) is 1. The molecule has 2 heterocycles. The molecule has 0 aliphatic rings. The maximum atomic E-state index is 11.7. The molecule has 0 unspecified atom stereocenters. The van der Waals surface area contributed by atoms with E-state index in [0.29, 0.717) is 22.2 Å². The van der Waals surface area contributed by atoms with Crippen LogP contribution in [0.3, 0.4) is 0 Å². The molecule has 0 aromatic carbocycles. The van der Waals surface area contributed by atoms with Gasteiger partial charge in [0.05, 0.1) is 5.56 Å². The number of hydrogen-bond acceptors (Lipinski definition) is 3. The van der Waals surface area contributed by atoms with Crippen LogP contribution in [0.25, 0.3) is 0 Å². The third-order valence-corrected chi connectivity index (χ3v) is 2.18. The summed E-state index contributed by atoms with van der Waals surface area (Å²) in [5.41, 5.74) is 1.08. The minimum absolute atomic E-state index is 0.237. The lowest BCUT2D eigenvalue weighted by molar-refractivity contribution is 0.102. The van der Waals surface area contributed by atoms with Gasteiger partial charge in [-0.1, -0.05) is 11.6 Å². The van der Waals surface area contributed by atoms with E-state index < -0.39 is 0 Å². The van der Waals surface area contributed by atoms with Gasteiger partial charge in [0.2, 0.25) is 0 Å². The van der Waals surface area contributed by atoms with Gasteiger partial charge in [-0.2, -0.15) is 0 Å². The largest absolute Gasteiger partial charge is 0.469 e. The Hall–Kier alpha value is -1.81. The molecule has 0 fully saturated rings. The van der Waals surface area contributed by atoms with E-state index in [2.05, 4.69) is 10.3 Å². The lowest BCUT2D eigenvalue weighted by atomic mass is 10.3. The summed E-state index contributed by atoms with van der Waals surface area (Å²) in [7, 11) is 0. The lowest BCUT2D eigenvalue weighted by Gasteiger charge is -2.02. The fourth-order valence-corrected chi connectivity index (χ4v) is 1.42. The van der Waals surface area contributed by atoms with Crippen molar-refractivity contribution in [2.24, 2.45) is 0 Å². The van der Waals surface area contributed by atoms with Gasteiger partial charge < -0.3 is 9.73 Å². The first kappa shape index (κ1) is 10.7. The number of carbonyl (C=O) groups is 1. The highest BCUT2D eigenvalue weighted by molar-refractivity contribution is 6.29. The number of halogens is 1. The number of furan rings is 1. The van der Waals surface area contributed by atoms with Crippen LogP contribution in [0, 0.1) is 6.92 Å². The van der Waals surface area contributed by atoms with Crippen LogP contribution in [-0.4, -0.2) is 10.9 Å². The van der Waals surface area contributed by atoms with Gasteiger partial charge >= 0.3 is 0 Å². The molecule has 5 heteroatoms. The number of aromatic nitrogens is 1. The van der Waals surface area contributed by atoms with Crippen LogP contribution in [0.5, 0.6) is 0 Å². The van der Waals surface area contributed by atoms with E-state index in [4.69, 9.17) is 16.0 Å². The van der Waals surface area contributed by atoms with Gasteiger partial charge in [0.15, 0.2) is 0 Å². The highest BCUT2D eigenvalue weighted by Gasteiger charge is 2.08. The van der Waals surface area contributed by atoms with E-state index in [1.807, 2.05) is 0 Å². The Morgan fingerprint density at radius 2 is 2.31 bits per heavy atom. The number of aryl methyl sites for hydroxylation is 1. The van der Waals surface area contributed by atoms with Crippen LogP contribution in [0.1, 0.15) is 16.1 Å². The Kier molecular flexibility index (Phi) is 2.92. The van der Waals surface area contributed by atoms with Crippen molar-refractivity contribution in [3.8, 4) is 0 Å². The number of carbonyl (C=O) groups excluding carboxylic acids is 1. The zero-order valence-corrected chi connectivity index (χ0v) is 9.28. The third-order valence-electron chi connectivity index (χ3n) is 1.98. The Bertz CT molecular complexity index is 522. The average Bonchev–Trinajstić information content (AvgIpc) is 2.65. The molecule has 82 valence electrons. The monoisotopic (exact) mass is 236 g/mol. The lowest BCUT2D eigenvalue weighted by Crippen LogP contribution is -2.10. The zero-order chi connectivity index (χ0) is 11.5. The Morgan fingerprint density at radius 1 is 1.50 bits per heavy atom. The summed E-state index contributed by atoms with van der Waals surface area (Å²) in [4.78, 5) is 15.5. The number of nitrogens with zero attached hydrogens (tertiary/aromatic N) is 1. The maximum absolute atomic E-state index is 11.7. The van der Waals surface area contributed by atoms with Crippen molar-refractivity contribution in [3.63, 3.8) is 0 Å². The Labute approximate surface area is 97.2 Å². The van der Waals surface area contributed by atoms with E-state index >= 15 is 0 Å². The predicted octanol–water partition coefficient (Wildman–Crippen LogP) is 2.89. The van der Waals surface area contributed by atoms with Crippen molar-refractivity contribution in [3.05, 3.63) is 47.1 Å². The fraction of sp³-hybridized carbons (Fsp3) is 0.0909. The van der Waals surface area contributed by atoms with Crippen LogP contribution < -0.4 is 5.32 Å². The van der Waals surface area contributed by atoms with Gasteiger partial charge in [-0.05, 0) is 25.1 Å². The summed E-state index contributed by atoms with van der Waals surface area (Å²) in [5, 5.41) is 3.02. The first-order valence-corrected chi connectivity index (χ1v) is 5.01. The van der Waals surface area contributed by atoms with E-state index in [0.717, 1.165) is 0 Å². The van der Waals surface area contributed by atoms with Gasteiger partial charge in [0.1, 0.15) is 17.2 Å². The summed E-state index contributed by atoms with van der Waals surface area (Å²) in [6.07, 6.45) is 2.94. The van der Waals surface area contributed by atoms with E-state index in [9.17, 15) is 4.79 Å². The molecule has 2 aromatic heterocycles. The number of anilines is 1. The van der Waals surface area contributed by atoms with Crippen LogP contribution in [-0.2, 0) is 0 Å². The second-order valence-corrected chi connectivity index (χ2v) is 3.65. The fourth-order valence-electron chi connectivity index (χ4n) is 1.25. The minimum atomic E-state index is -0.237. The topological polar surface area (TPSA) is 55.1 Å².